The summed E-state index contributed by atoms with van der Waals surface area (Å²) in [4.78, 5) is 11.5. The molecule has 0 aliphatic rings. The van der Waals surface area contributed by atoms with Gasteiger partial charge in [0.25, 0.3) is 0 Å². The molecular formula is C14H20FNO2. The van der Waals surface area contributed by atoms with Crippen molar-refractivity contribution < 1.29 is 13.9 Å². The van der Waals surface area contributed by atoms with E-state index >= 15 is 0 Å². The molecule has 0 bridgehead atoms. The van der Waals surface area contributed by atoms with Gasteiger partial charge >= 0.3 is 5.97 Å². The van der Waals surface area contributed by atoms with Gasteiger partial charge in [0.15, 0.2) is 0 Å². The lowest BCUT2D eigenvalue weighted by Crippen LogP contribution is -2.15. The maximum atomic E-state index is 13.2. The Labute approximate surface area is 107 Å². The van der Waals surface area contributed by atoms with Gasteiger partial charge in [-0.2, -0.15) is 0 Å². The number of carbonyl (C=O) groups is 1. The van der Waals surface area contributed by atoms with E-state index in [1.807, 2.05) is 0 Å². The first-order chi connectivity index (χ1) is 8.33. The zero-order valence-electron chi connectivity index (χ0n) is 11.3. The highest BCUT2D eigenvalue weighted by molar-refractivity contribution is 5.95. The summed E-state index contributed by atoms with van der Waals surface area (Å²) in [5.41, 5.74) is 1.02. The highest BCUT2D eigenvalue weighted by atomic mass is 19.1. The number of halogens is 1. The predicted molar refractivity (Wildman–Crippen MR) is 70.3 cm³/mol. The Kier molecular flexibility index (Phi) is 4.70. The predicted octanol–water partition coefficient (Wildman–Crippen LogP) is 3.46. The largest absolute Gasteiger partial charge is 0.465 e. The summed E-state index contributed by atoms with van der Waals surface area (Å²) in [5.74, 6) is -0.839. The highest BCUT2D eigenvalue weighted by Gasteiger charge is 2.14. The zero-order chi connectivity index (χ0) is 13.8. The minimum atomic E-state index is -0.465. The summed E-state index contributed by atoms with van der Waals surface area (Å²) in [6.07, 6.45) is 0.921. The normalized spacial score (nSPS) is 11.2. The van der Waals surface area contributed by atoms with E-state index in [4.69, 9.17) is 0 Å². The number of hydrogen-bond donors (Lipinski definition) is 1. The van der Waals surface area contributed by atoms with Crippen molar-refractivity contribution in [1.29, 1.82) is 0 Å². The lowest BCUT2D eigenvalue weighted by Gasteiger charge is -2.19. The summed E-state index contributed by atoms with van der Waals surface area (Å²) in [6.45, 7) is 7.06. The van der Waals surface area contributed by atoms with Crippen LogP contribution >= 0.6 is 0 Å². The molecule has 100 valence electrons. The molecular weight excluding hydrogens is 233 g/mol. The Morgan fingerprint density at radius 3 is 2.61 bits per heavy atom. The average Bonchev–Trinajstić information content (AvgIpc) is 2.26. The van der Waals surface area contributed by atoms with Crippen LogP contribution < -0.4 is 5.32 Å². The fourth-order valence-corrected chi connectivity index (χ4v) is 1.52. The van der Waals surface area contributed by atoms with Crippen molar-refractivity contribution in [2.75, 3.05) is 19.0 Å². The first-order valence-corrected chi connectivity index (χ1v) is 5.95. The minimum absolute atomic E-state index is 0.186. The molecule has 0 saturated carbocycles. The van der Waals surface area contributed by atoms with Crippen molar-refractivity contribution in [1.82, 2.24) is 0 Å². The SMILES string of the molecule is COC(=O)c1ccc(F)cc1NCCC(C)(C)C. The number of esters is 1. The molecule has 0 atom stereocenters. The molecule has 0 saturated heterocycles. The summed E-state index contributed by atoms with van der Waals surface area (Å²) in [5, 5.41) is 3.09. The standard InChI is InChI=1S/C14H20FNO2/c1-14(2,3)7-8-16-12-9-10(15)5-6-11(12)13(17)18-4/h5-6,9,16H,7-8H2,1-4H3. The molecule has 1 aromatic rings. The van der Waals surface area contributed by atoms with Gasteiger partial charge in [0.1, 0.15) is 5.82 Å². The first-order valence-electron chi connectivity index (χ1n) is 5.95. The molecule has 4 heteroatoms. The van der Waals surface area contributed by atoms with Crippen molar-refractivity contribution in [2.24, 2.45) is 5.41 Å². The van der Waals surface area contributed by atoms with E-state index in [1.165, 1.54) is 25.3 Å². The van der Waals surface area contributed by atoms with E-state index in [-0.39, 0.29) is 11.2 Å². The van der Waals surface area contributed by atoms with Gasteiger partial charge in [-0.3, -0.25) is 0 Å². The Balaban J connectivity index is 2.80. The van der Waals surface area contributed by atoms with Crippen LogP contribution in [0.2, 0.25) is 0 Å². The molecule has 0 fully saturated rings. The van der Waals surface area contributed by atoms with Gasteiger partial charge in [-0.25, -0.2) is 9.18 Å². The number of nitrogens with one attached hydrogen (secondary N) is 1. The van der Waals surface area contributed by atoms with Crippen LogP contribution in [0.15, 0.2) is 18.2 Å². The summed E-state index contributed by atoms with van der Waals surface area (Å²) in [6, 6.07) is 4.00. The smallest absolute Gasteiger partial charge is 0.339 e. The van der Waals surface area contributed by atoms with Gasteiger partial charge in [0.05, 0.1) is 18.4 Å². The number of carbonyl (C=O) groups excluding carboxylic acids is 1. The second-order valence-corrected chi connectivity index (χ2v) is 5.42. The average molecular weight is 253 g/mol. The molecule has 0 aliphatic carbocycles. The molecule has 0 amide bonds. The fraction of sp³-hybridized carbons (Fsp3) is 0.500. The lowest BCUT2D eigenvalue weighted by atomic mass is 9.92. The molecule has 3 nitrogen and oxygen atoms in total. The molecule has 0 unspecified atom stereocenters. The van der Waals surface area contributed by atoms with Crippen molar-refractivity contribution in [3.05, 3.63) is 29.6 Å². The minimum Gasteiger partial charge on any atom is -0.465 e. The third-order valence-corrected chi connectivity index (χ3v) is 2.58. The number of rotatable bonds is 4. The van der Waals surface area contributed by atoms with Gasteiger partial charge in [0.2, 0.25) is 0 Å². The number of ether oxygens (including phenoxy) is 1. The van der Waals surface area contributed by atoms with Crippen molar-refractivity contribution in [3.8, 4) is 0 Å². The van der Waals surface area contributed by atoms with E-state index in [0.717, 1.165) is 6.42 Å². The Morgan fingerprint density at radius 2 is 2.06 bits per heavy atom. The molecule has 0 spiro atoms. The second-order valence-electron chi connectivity index (χ2n) is 5.42. The van der Waals surface area contributed by atoms with Crippen LogP contribution in [-0.4, -0.2) is 19.6 Å². The van der Waals surface area contributed by atoms with E-state index in [1.54, 1.807) is 0 Å². The molecule has 0 radical (unpaired) electrons. The molecule has 1 aromatic carbocycles. The molecule has 0 heterocycles. The number of anilines is 1. The number of hydrogen-bond acceptors (Lipinski definition) is 3. The molecule has 0 aliphatic heterocycles. The van der Waals surface area contributed by atoms with Crippen molar-refractivity contribution >= 4 is 11.7 Å². The summed E-state index contributed by atoms with van der Waals surface area (Å²) < 4.78 is 17.8. The van der Waals surface area contributed by atoms with Gasteiger partial charge in [-0.1, -0.05) is 20.8 Å². The van der Waals surface area contributed by atoms with Crippen LogP contribution in [0.3, 0.4) is 0 Å². The van der Waals surface area contributed by atoms with Gasteiger partial charge < -0.3 is 10.1 Å². The molecule has 1 rings (SSSR count). The zero-order valence-corrected chi connectivity index (χ0v) is 11.3. The van der Waals surface area contributed by atoms with Crippen LogP contribution in [0, 0.1) is 11.2 Å². The maximum Gasteiger partial charge on any atom is 0.339 e. The van der Waals surface area contributed by atoms with Gasteiger partial charge in [-0.05, 0) is 30.0 Å². The fourth-order valence-electron chi connectivity index (χ4n) is 1.52. The molecule has 18 heavy (non-hydrogen) atoms. The Morgan fingerprint density at radius 1 is 1.39 bits per heavy atom. The Hall–Kier alpha value is -1.58. The molecule has 1 N–H and O–H groups in total. The third-order valence-electron chi connectivity index (χ3n) is 2.58. The molecule has 0 aromatic heterocycles. The van der Waals surface area contributed by atoms with Crippen LogP contribution in [-0.2, 0) is 4.74 Å². The van der Waals surface area contributed by atoms with Gasteiger partial charge in [0, 0.05) is 6.54 Å². The number of benzene rings is 1. The van der Waals surface area contributed by atoms with Crippen LogP contribution in [0.25, 0.3) is 0 Å². The van der Waals surface area contributed by atoms with Crippen LogP contribution in [0.5, 0.6) is 0 Å². The summed E-state index contributed by atoms with van der Waals surface area (Å²) >= 11 is 0. The topological polar surface area (TPSA) is 38.3 Å². The van der Waals surface area contributed by atoms with Crippen LogP contribution in [0.4, 0.5) is 10.1 Å². The first kappa shape index (κ1) is 14.5. The van der Waals surface area contributed by atoms with Crippen molar-refractivity contribution in [2.45, 2.75) is 27.2 Å². The number of methoxy groups -OCH3 is 1. The highest BCUT2D eigenvalue weighted by Crippen LogP contribution is 2.21. The monoisotopic (exact) mass is 253 g/mol. The van der Waals surface area contributed by atoms with E-state index in [2.05, 4.69) is 30.8 Å². The third kappa shape index (κ3) is 4.35. The maximum absolute atomic E-state index is 13.2. The lowest BCUT2D eigenvalue weighted by molar-refractivity contribution is 0.0602. The quantitative estimate of drug-likeness (QED) is 0.835. The van der Waals surface area contributed by atoms with E-state index < -0.39 is 5.97 Å². The van der Waals surface area contributed by atoms with E-state index in [0.29, 0.717) is 17.8 Å². The van der Waals surface area contributed by atoms with Crippen LogP contribution in [0.1, 0.15) is 37.6 Å². The van der Waals surface area contributed by atoms with Crippen molar-refractivity contribution in [3.63, 3.8) is 0 Å². The second kappa shape index (κ2) is 5.85. The summed E-state index contributed by atoms with van der Waals surface area (Å²) in [7, 11) is 1.31. The van der Waals surface area contributed by atoms with Gasteiger partial charge in [-0.15, -0.1) is 0 Å². The Bertz CT molecular complexity index is 424. The van der Waals surface area contributed by atoms with E-state index in [9.17, 15) is 9.18 Å².